The molecular formula is C15H14ClN3O2S. The second-order valence-corrected chi connectivity index (χ2v) is 7.08. The van der Waals surface area contributed by atoms with E-state index < -0.39 is 10.0 Å². The molecule has 0 aliphatic heterocycles. The quantitative estimate of drug-likeness (QED) is 0.797. The number of aryl methyl sites for hydroxylation is 1. The normalized spacial score (nSPS) is 11.9. The van der Waals surface area contributed by atoms with Crippen LogP contribution in [0, 0.1) is 0 Å². The van der Waals surface area contributed by atoms with Gasteiger partial charge in [0.2, 0.25) is 10.0 Å². The van der Waals surface area contributed by atoms with E-state index in [0.29, 0.717) is 0 Å². The molecule has 0 spiro atoms. The lowest BCUT2D eigenvalue weighted by Crippen LogP contribution is -2.23. The number of hydrogen-bond donors (Lipinski definition) is 1. The number of benzene rings is 2. The maximum Gasteiger partial charge on any atom is 0.242 e. The first-order valence-corrected chi connectivity index (χ1v) is 8.48. The summed E-state index contributed by atoms with van der Waals surface area (Å²) in [6, 6.07) is 12.0. The number of sulfonamides is 1. The minimum atomic E-state index is -3.64. The predicted octanol–water partition coefficient (Wildman–Crippen LogP) is 2.71. The fourth-order valence-electron chi connectivity index (χ4n) is 2.21. The van der Waals surface area contributed by atoms with Crippen LogP contribution in [0.5, 0.6) is 0 Å². The maximum atomic E-state index is 12.3. The first-order valence-electron chi connectivity index (χ1n) is 6.61. The maximum absolute atomic E-state index is 12.3. The van der Waals surface area contributed by atoms with E-state index in [0.717, 1.165) is 16.6 Å². The van der Waals surface area contributed by atoms with Crippen LogP contribution in [0.25, 0.3) is 11.0 Å². The van der Waals surface area contributed by atoms with E-state index in [-0.39, 0.29) is 16.5 Å². The standard InChI is InChI=1S/C15H14ClN3O2S/c1-19-10-17-13-8-11(6-7-14(13)19)9-18-22(20,21)15-5-3-2-4-12(15)16/h2-8,10,18H,9H2,1H3. The van der Waals surface area contributed by atoms with Crippen LogP contribution in [0.3, 0.4) is 0 Å². The molecule has 7 heteroatoms. The molecule has 0 saturated heterocycles. The van der Waals surface area contributed by atoms with Crippen molar-refractivity contribution in [2.45, 2.75) is 11.4 Å². The van der Waals surface area contributed by atoms with Crippen molar-refractivity contribution in [2.24, 2.45) is 7.05 Å². The van der Waals surface area contributed by atoms with Crippen LogP contribution in [-0.4, -0.2) is 18.0 Å². The lowest BCUT2D eigenvalue weighted by atomic mass is 10.2. The second kappa shape index (κ2) is 5.72. The van der Waals surface area contributed by atoms with Crippen LogP contribution in [0.4, 0.5) is 0 Å². The van der Waals surface area contributed by atoms with Crippen molar-refractivity contribution in [3.05, 3.63) is 59.4 Å². The molecule has 5 nitrogen and oxygen atoms in total. The molecule has 0 unspecified atom stereocenters. The molecule has 114 valence electrons. The Morgan fingerprint density at radius 3 is 2.77 bits per heavy atom. The van der Waals surface area contributed by atoms with Gasteiger partial charge >= 0.3 is 0 Å². The first kappa shape index (κ1) is 15.0. The summed E-state index contributed by atoms with van der Waals surface area (Å²) in [5.74, 6) is 0. The lowest BCUT2D eigenvalue weighted by Gasteiger charge is -2.08. The summed E-state index contributed by atoms with van der Waals surface area (Å²) in [7, 11) is -1.73. The van der Waals surface area contributed by atoms with Gasteiger partial charge in [-0.2, -0.15) is 0 Å². The average Bonchev–Trinajstić information content (AvgIpc) is 2.86. The monoisotopic (exact) mass is 335 g/mol. The van der Waals surface area contributed by atoms with Gasteiger partial charge in [-0.15, -0.1) is 0 Å². The van der Waals surface area contributed by atoms with Crippen molar-refractivity contribution < 1.29 is 8.42 Å². The Bertz CT molecular complexity index is 935. The number of imidazole rings is 1. The van der Waals surface area contributed by atoms with Crippen LogP contribution in [-0.2, 0) is 23.6 Å². The van der Waals surface area contributed by atoms with E-state index in [4.69, 9.17) is 11.6 Å². The Kier molecular flexibility index (Phi) is 3.90. The van der Waals surface area contributed by atoms with Crippen molar-refractivity contribution in [3.8, 4) is 0 Å². The summed E-state index contributed by atoms with van der Waals surface area (Å²) < 4.78 is 29.0. The van der Waals surface area contributed by atoms with E-state index in [9.17, 15) is 8.42 Å². The molecule has 1 N–H and O–H groups in total. The third-order valence-corrected chi connectivity index (χ3v) is 5.28. The summed E-state index contributed by atoms with van der Waals surface area (Å²) in [4.78, 5) is 4.34. The molecule has 0 amide bonds. The molecule has 0 atom stereocenters. The van der Waals surface area contributed by atoms with E-state index in [1.165, 1.54) is 6.07 Å². The molecule has 0 aliphatic carbocycles. The van der Waals surface area contributed by atoms with Gasteiger partial charge in [0.15, 0.2) is 0 Å². The van der Waals surface area contributed by atoms with Crippen molar-refractivity contribution in [1.82, 2.24) is 14.3 Å². The zero-order valence-corrected chi connectivity index (χ0v) is 13.4. The van der Waals surface area contributed by atoms with E-state index >= 15 is 0 Å². The second-order valence-electron chi connectivity index (χ2n) is 4.93. The lowest BCUT2D eigenvalue weighted by molar-refractivity contribution is 0.581. The number of fused-ring (bicyclic) bond motifs is 1. The SMILES string of the molecule is Cn1cnc2cc(CNS(=O)(=O)c3ccccc3Cl)ccc21. The topological polar surface area (TPSA) is 64.0 Å². The number of aromatic nitrogens is 2. The van der Waals surface area contributed by atoms with Crippen molar-refractivity contribution in [1.29, 1.82) is 0 Å². The molecule has 0 fully saturated rings. The Labute approximate surface area is 133 Å². The smallest absolute Gasteiger partial charge is 0.242 e. The van der Waals surface area contributed by atoms with Crippen LogP contribution in [0.2, 0.25) is 5.02 Å². The summed E-state index contributed by atoms with van der Waals surface area (Å²) in [6.07, 6.45) is 1.72. The van der Waals surface area contributed by atoms with Crippen LogP contribution in [0.1, 0.15) is 5.56 Å². The van der Waals surface area contributed by atoms with Crippen molar-refractivity contribution >= 4 is 32.7 Å². The predicted molar refractivity (Wildman–Crippen MR) is 86.2 cm³/mol. The zero-order valence-electron chi connectivity index (χ0n) is 11.8. The Morgan fingerprint density at radius 2 is 2.00 bits per heavy atom. The summed E-state index contributed by atoms with van der Waals surface area (Å²) in [6.45, 7) is 0.181. The van der Waals surface area contributed by atoms with E-state index in [1.54, 1.807) is 24.5 Å². The van der Waals surface area contributed by atoms with Crippen molar-refractivity contribution in [2.75, 3.05) is 0 Å². The fourth-order valence-corrected chi connectivity index (χ4v) is 3.75. The average molecular weight is 336 g/mol. The number of rotatable bonds is 4. The van der Waals surface area contributed by atoms with Gasteiger partial charge in [0.05, 0.1) is 22.4 Å². The van der Waals surface area contributed by atoms with Gasteiger partial charge in [0.25, 0.3) is 0 Å². The zero-order chi connectivity index (χ0) is 15.7. The minimum absolute atomic E-state index is 0.0792. The Morgan fingerprint density at radius 1 is 1.23 bits per heavy atom. The van der Waals surface area contributed by atoms with Gasteiger partial charge in [-0.05, 0) is 29.8 Å². The van der Waals surface area contributed by atoms with Crippen LogP contribution in [0.15, 0.2) is 53.7 Å². The summed E-state index contributed by atoms with van der Waals surface area (Å²) >= 11 is 5.94. The summed E-state index contributed by atoms with van der Waals surface area (Å²) in [5.41, 5.74) is 2.66. The molecule has 3 rings (SSSR count). The van der Waals surface area contributed by atoms with Gasteiger partial charge in [0.1, 0.15) is 4.90 Å². The molecule has 3 aromatic rings. The van der Waals surface area contributed by atoms with Gasteiger partial charge in [0, 0.05) is 13.6 Å². The highest BCUT2D eigenvalue weighted by atomic mass is 35.5. The highest BCUT2D eigenvalue weighted by Crippen LogP contribution is 2.21. The number of halogens is 1. The largest absolute Gasteiger partial charge is 0.334 e. The number of nitrogens with one attached hydrogen (secondary N) is 1. The molecule has 1 heterocycles. The van der Waals surface area contributed by atoms with E-state index in [2.05, 4.69) is 9.71 Å². The molecule has 2 aromatic carbocycles. The van der Waals surface area contributed by atoms with E-state index in [1.807, 2.05) is 29.8 Å². The minimum Gasteiger partial charge on any atom is -0.334 e. The molecule has 0 saturated carbocycles. The fraction of sp³-hybridized carbons (Fsp3) is 0.133. The molecule has 0 bridgehead atoms. The van der Waals surface area contributed by atoms with Gasteiger partial charge in [-0.3, -0.25) is 0 Å². The third-order valence-electron chi connectivity index (χ3n) is 3.38. The summed E-state index contributed by atoms with van der Waals surface area (Å²) in [5, 5.41) is 0.204. The Balaban J connectivity index is 1.82. The first-order chi connectivity index (χ1) is 10.5. The van der Waals surface area contributed by atoms with Gasteiger partial charge in [-0.25, -0.2) is 18.1 Å². The number of hydrogen-bond acceptors (Lipinski definition) is 3. The van der Waals surface area contributed by atoms with Crippen molar-refractivity contribution in [3.63, 3.8) is 0 Å². The number of nitrogens with zero attached hydrogens (tertiary/aromatic N) is 2. The van der Waals surface area contributed by atoms with Crippen LogP contribution >= 0.6 is 11.6 Å². The molecule has 1 aromatic heterocycles. The van der Waals surface area contributed by atoms with Gasteiger partial charge in [-0.1, -0.05) is 29.8 Å². The molecule has 22 heavy (non-hydrogen) atoms. The molecular weight excluding hydrogens is 322 g/mol. The third kappa shape index (κ3) is 2.85. The molecule has 0 aliphatic rings. The Hall–Kier alpha value is -1.89. The van der Waals surface area contributed by atoms with Gasteiger partial charge < -0.3 is 4.57 Å². The van der Waals surface area contributed by atoms with Crippen LogP contribution < -0.4 is 4.72 Å². The highest BCUT2D eigenvalue weighted by Gasteiger charge is 2.17. The highest BCUT2D eigenvalue weighted by molar-refractivity contribution is 7.89. The molecule has 0 radical (unpaired) electrons.